The fourth-order valence-corrected chi connectivity index (χ4v) is 2.79. The molecule has 18 heavy (non-hydrogen) atoms. The van der Waals surface area contributed by atoms with Gasteiger partial charge in [-0.05, 0) is 12.3 Å². The van der Waals surface area contributed by atoms with E-state index in [9.17, 15) is 0 Å². The topological polar surface area (TPSA) is 46.6 Å². The van der Waals surface area contributed by atoms with E-state index in [-0.39, 0.29) is 5.41 Å². The van der Waals surface area contributed by atoms with Crippen molar-refractivity contribution < 1.29 is 0 Å². The van der Waals surface area contributed by atoms with Gasteiger partial charge in [-0.1, -0.05) is 20.8 Å². The second-order valence-corrected chi connectivity index (χ2v) is 6.67. The van der Waals surface area contributed by atoms with Crippen molar-refractivity contribution in [3.05, 3.63) is 17.3 Å². The minimum Gasteiger partial charge on any atom is -0.355 e. The van der Waals surface area contributed by atoms with Gasteiger partial charge in [0.2, 0.25) is 0 Å². The molecule has 0 aliphatic rings. The summed E-state index contributed by atoms with van der Waals surface area (Å²) in [6.45, 7) is 9.47. The molecule has 2 heterocycles. The summed E-state index contributed by atoms with van der Waals surface area (Å²) in [6.07, 6.45) is 2.04. The molecule has 0 radical (unpaired) electrons. The van der Waals surface area contributed by atoms with Crippen LogP contribution in [-0.2, 0) is 6.54 Å². The van der Waals surface area contributed by atoms with Crippen LogP contribution in [0.1, 0.15) is 33.4 Å². The molecule has 2 aromatic heterocycles. The lowest BCUT2D eigenvalue weighted by Crippen LogP contribution is -2.40. The van der Waals surface area contributed by atoms with E-state index in [1.54, 1.807) is 11.3 Å². The Balaban J connectivity index is 2.44. The van der Waals surface area contributed by atoms with Gasteiger partial charge in [0.25, 0.3) is 0 Å². The highest BCUT2D eigenvalue weighted by Crippen LogP contribution is 2.30. The fourth-order valence-electron chi connectivity index (χ4n) is 2.06. The molecule has 0 fully saturated rings. The molecule has 0 spiro atoms. The van der Waals surface area contributed by atoms with Crippen LogP contribution >= 0.6 is 11.3 Å². The maximum atomic E-state index is 5.88. The molecule has 0 saturated heterocycles. The maximum Gasteiger partial charge on any atom is 0.195 e. The SMILES string of the molecule is CC(N(C)c1nc2sccn2c1CN)C(C)(C)C. The molecule has 5 heteroatoms. The van der Waals surface area contributed by atoms with Gasteiger partial charge in [-0.2, -0.15) is 0 Å². The Hall–Kier alpha value is -1.07. The van der Waals surface area contributed by atoms with Crippen LogP contribution in [0.25, 0.3) is 4.96 Å². The van der Waals surface area contributed by atoms with E-state index in [4.69, 9.17) is 10.7 Å². The first-order valence-corrected chi connectivity index (χ1v) is 7.11. The molecule has 0 amide bonds. The highest BCUT2D eigenvalue weighted by atomic mass is 32.1. The van der Waals surface area contributed by atoms with Gasteiger partial charge in [-0.25, -0.2) is 4.98 Å². The Labute approximate surface area is 112 Å². The number of anilines is 1. The summed E-state index contributed by atoms with van der Waals surface area (Å²) in [5.41, 5.74) is 7.18. The van der Waals surface area contributed by atoms with E-state index in [1.807, 2.05) is 11.6 Å². The van der Waals surface area contributed by atoms with Gasteiger partial charge in [-0.3, -0.25) is 4.40 Å². The third-order valence-electron chi connectivity index (χ3n) is 3.70. The first kappa shape index (κ1) is 13.4. The summed E-state index contributed by atoms with van der Waals surface area (Å²) < 4.78 is 2.09. The number of thiazole rings is 1. The zero-order chi connectivity index (χ0) is 13.5. The maximum absolute atomic E-state index is 5.88. The molecule has 2 aromatic rings. The molecule has 0 aromatic carbocycles. The molecule has 2 N–H and O–H groups in total. The van der Waals surface area contributed by atoms with Crippen molar-refractivity contribution in [3.8, 4) is 0 Å². The lowest BCUT2D eigenvalue weighted by Gasteiger charge is -2.36. The Kier molecular flexibility index (Phi) is 3.38. The van der Waals surface area contributed by atoms with E-state index in [2.05, 4.69) is 44.0 Å². The summed E-state index contributed by atoms with van der Waals surface area (Å²) in [4.78, 5) is 7.96. The van der Waals surface area contributed by atoms with Gasteiger partial charge in [0.05, 0.1) is 5.69 Å². The van der Waals surface area contributed by atoms with Crippen LogP contribution in [0.4, 0.5) is 5.82 Å². The highest BCUT2D eigenvalue weighted by Gasteiger charge is 2.27. The van der Waals surface area contributed by atoms with Crippen LogP contribution in [0, 0.1) is 5.41 Å². The molecule has 0 bridgehead atoms. The van der Waals surface area contributed by atoms with Gasteiger partial charge in [-0.15, -0.1) is 11.3 Å². The minimum atomic E-state index is 0.206. The van der Waals surface area contributed by atoms with Crippen molar-refractivity contribution >= 4 is 22.1 Å². The Morgan fingerprint density at radius 3 is 2.72 bits per heavy atom. The summed E-state index contributed by atoms with van der Waals surface area (Å²) in [5.74, 6) is 1.01. The zero-order valence-electron chi connectivity index (χ0n) is 11.8. The van der Waals surface area contributed by atoms with Crippen molar-refractivity contribution in [2.75, 3.05) is 11.9 Å². The molecule has 1 unspecified atom stereocenters. The van der Waals surface area contributed by atoms with Crippen molar-refractivity contribution in [2.45, 2.75) is 40.3 Å². The van der Waals surface area contributed by atoms with Crippen LogP contribution < -0.4 is 10.6 Å². The lowest BCUT2D eigenvalue weighted by atomic mass is 9.87. The predicted octanol–water partition coefficient (Wildman–Crippen LogP) is 2.73. The molecular formula is C13H22N4S. The van der Waals surface area contributed by atoms with E-state index >= 15 is 0 Å². The predicted molar refractivity (Wildman–Crippen MR) is 78.3 cm³/mol. The van der Waals surface area contributed by atoms with E-state index in [0.29, 0.717) is 12.6 Å². The third-order valence-corrected chi connectivity index (χ3v) is 4.46. The average Bonchev–Trinajstić information content (AvgIpc) is 2.84. The number of hydrogen-bond acceptors (Lipinski definition) is 4. The Morgan fingerprint density at radius 1 is 1.50 bits per heavy atom. The molecule has 4 nitrogen and oxygen atoms in total. The summed E-state index contributed by atoms with van der Waals surface area (Å²) >= 11 is 1.64. The van der Waals surface area contributed by atoms with Gasteiger partial charge < -0.3 is 10.6 Å². The molecule has 2 rings (SSSR count). The van der Waals surface area contributed by atoms with Crippen molar-refractivity contribution in [3.63, 3.8) is 0 Å². The van der Waals surface area contributed by atoms with Crippen LogP contribution in [0.3, 0.4) is 0 Å². The highest BCUT2D eigenvalue weighted by molar-refractivity contribution is 7.15. The number of nitrogens with two attached hydrogens (primary N) is 1. The molecule has 0 aliphatic heterocycles. The monoisotopic (exact) mass is 266 g/mol. The minimum absolute atomic E-state index is 0.206. The van der Waals surface area contributed by atoms with E-state index < -0.39 is 0 Å². The summed E-state index contributed by atoms with van der Waals surface area (Å²) in [5, 5.41) is 2.04. The molecule has 0 aliphatic carbocycles. The van der Waals surface area contributed by atoms with Crippen molar-refractivity contribution in [1.29, 1.82) is 0 Å². The molecule has 0 saturated carbocycles. The Morgan fingerprint density at radius 2 is 2.17 bits per heavy atom. The average molecular weight is 266 g/mol. The van der Waals surface area contributed by atoms with Gasteiger partial charge in [0, 0.05) is 31.2 Å². The van der Waals surface area contributed by atoms with Gasteiger partial charge >= 0.3 is 0 Å². The number of imidazole rings is 1. The molecule has 100 valence electrons. The first-order chi connectivity index (χ1) is 8.36. The molecular weight excluding hydrogens is 244 g/mol. The Bertz CT molecular complexity index is 535. The molecule has 1 atom stereocenters. The van der Waals surface area contributed by atoms with Gasteiger partial charge in [0.15, 0.2) is 10.8 Å². The summed E-state index contributed by atoms with van der Waals surface area (Å²) in [7, 11) is 2.10. The third kappa shape index (κ3) is 2.12. The lowest BCUT2D eigenvalue weighted by molar-refractivity contribution is 0.328. The second-order valence-electron chi connectivity index (χ2n) is 5.79. The van der Waals surface area contributed by atoms with Gasteiger partial charge in [0.1, 0.15) is 0 Å². The zero-order valence-corrected chi connectivity index (χ0v) is 12.6. The van der Waals surface area contributed by atoms with Crippen LogP contribution in [0.5, 0.6) is 0 Å². The smallest absolute Gasteiger partial charge is 0.195 e. The van der Waals surface area contributed by atoms with E-state index in [1.165, 1.54) is 0 Å². The van der Waals surface area contributed by atoms with E-state index in [0.717, 1.165) is 16.5 Å². The number of fused-ring (bicyclic) bond motifs is 1. The first-order valence-electron chi connectivity index (χ1n) is 6.23. The largest absolute Gasteiger partial charge is 0.355 e. The standard InChI is InChI=1S/C13H22N4S/c1-9(13(2,3)4)16(5)11-10(8-14)17-6-7-18-12(17)15-11/h6-7,9H,8,14H2,1-5H3. The second kappa shape index (κ2) is 4.55. The van der Waals surface area contributed by atoms with Crippen LogP contribution in [0.2, 0.25) is 0 Å². The number of rotatable bonds is 3. The quantitative estimate of drug-likeness (QED) is 0.929. The van der Waals surface area contributed by atoms with Crippen molar-refractivity contribution in [1.82, 2.24) is 9.38 Å². The normalized spacial score (nSPS) is 14.1. The summed E-state index contributed by atoms with van der Waals surface area (Å²) in [6, 6.07) is 0.396. The van der Waals surface area contributed by atoms with Crippen molar-refractivity contribution in [2.24, 2.45) is 11.1 Å². The number of nitrogens with zero attached hydrogens (tertiary/aromatic N) is 3. The number of hydrogen-bond donors (Lipinski definition) is 1. The van der Waals surface area contributed by atoms with Crippen LogP contribution in [-0.4, -0.2) is 22.5 Å². The fraction of sp³-hybridized carbons (Fsp3) is 0.615. The van der Waals surface area contributed by atoms with Crippen LogP contribution in [0.15, 0.2) is 11.6 Å². The number of aromatic nitrogens is 2.